The average molecular weight is 267 g/mol. The Bertz CT molecular complexity index is 765. The Morgan fingerprint density at radius 2 is 2.10 bits per heavy atom. The third-order valence-electron chi connectivity index (χ3n) is 3.35. The molecule has 1 N–H and O–H groups in total. The van der Waals surface area contributed by atoms with Crippen molar-refractivity contribution in [3.05, 3.63) is 60.2 Å². The predicted octanol–water partition coefficient (Wildman–Crippen LogP) is 2.74. The van der Waals surface area contributed by atoms with Gasteiger partial charge < -0.3 is 9.67 Å². The molecule has 2 heterocycles. The molecule has 0 radical (unpaired) electrons. The monoisotopic (exact) mass is 267 g/mol. The molecule has 0 fully saturated rings. The molecular formula is C15H13N3O2. The molecule has 0 saturated carbocycles. The molecule has 20 heavy (non-hydrogen) atoms. The van der Waals surface area contributed by atoms with E-state index in [9.17, 15) is 4.79 Å². The molecule has 0 aliphatic heterocycles. The SMILES string of the molecule is CC(c1ccccn1)n1cnc2cc(C(=O)O)ccc21. The summed E-state index contributed by atoms with van der Waals surface area (Å²) in [6, 6.07) is 10.8. The van der Waals surface area contributed by atoms with Gasteiger partial charge in [-0.2, -0.15) is 0 Å². The van der Waals surface area contributed by atoms with E-state index in [4.69, 9.17) is 5.11 Å². The zero-order chi connectivity index (χ0) is 14.1. The molecule has 0 bridgehead atoms. The molecule has 0 aliphatic rings. The largest absolute Gasteiger partial charge is 0.478 e. The lowest BCUT2D eigenvalue weighted by molar-refractivity contribution is 0.0697. The van der Waals surface area contributed by atoms with E-state index in [2.05, 4.69) is 9.97 Å². The van der Waals surface area contributed by atoms with Gasteiger partial charge in [-0.05, 0) is 37.3 Å². The van der Waals surface area contributed by atoms with Gasteiger partial charge in [0.25, 0.3) is 0 Å². The molecule has 1 aromatic carbocycles. The number of rotatable bonds is 3. The molecular weight excluding hydrogens is 254 g/mol. The van der Waals surface area contributed by atoms with E-state index in [0.717, 1.165) is 11.2 Å². The highest BCUT2D eigenvalue weighted by Gasteiger charge is 2.13. The van der Waals surface area contributed by atoms with Crippen molar-refractivity contribution in [1.82, 2.24) is 14.5 Å². The first-order valence-electron chi connectivity index (χ1n) is 6.27. The maximum Gasteiger partial charge on any atom is 0.335 e. The maximum atomic E-state index is 11.0. The Labute approximate surface area is 115 Å². The van der Waals surface area contributed by atoms with Gasteiger partial charge in [0.1, 0.15) is 0 Å². The standard InChI is InChI=1S/C15H13N3O2/c1-10(12-4-2-3-7-16-12)18-9-17-13-8-11(15(19)20)5-6-14(13)18/h2-10H,1H3,(H,19,20). The van der Waals surface area contributed by atoms with Crippen LogP contribution < -0.4 is 0 Å². The van der Waals surface area contributed by atoms with Crippen LogP contribution in [0.25, 0.3) is 11.0 Å². The summed E-state index contributed by atoms with van der Waals surface area (Å²) in [6.45, 7) is 2.04. The topological polar surface area (TPSA) is 68.0 Å². The Kier molecular flexibility index (Phi) is 2.95. The molecule has 1 atom stereocenters. The van der Waals surface area contributed by atoms with Gasteiger partial charge in [0.2, 0.25) is 0 Å². The zero-order valence-electron chi connectivity index (χ0n) is 10.9. The van der Waals surface area contributed by atoms with Crippen molar-refractivity contribution in [2.24, 2.45) is 0 Å². The number of carboxylic acids is 1. The predicted molar refractivity (Wildman–Crippen MR) is 74.7 cm³/mol. The van der Waals surface area contributed by atoms with E-state index in [1.54, 1.807) is 30.7 Å². The number of benzene rings is 1. The second-order valence-electron chi connectivity index (χ2n) is 4.59. The van der Waals surface area contributed by atoms with Crippen LogP contribution in [0.3, 0.4) is 0 Å². The Balaban J connectivity index is 2.07. The Morgan fingerprint density at radius 1 is 1.25 bits per heavy atom. The molecule has 5 nitrogen and oxygen atoms in total. The number of fused-ring (bicyclic) bond motifs is 1. The summed E-state index contributed by atoms with van der Waals surface area (Å²) in [5.41, 5.74) is 2.75. The summed E-state index contributed by atoms with van der Waals surface area (Å²) < 4.78 is 1.99. The van der Waals surface area contributed by atoms with Crippen LogP contribution in [0.2, 0.25) is 0 Å². The summed E-state index contributed by atoms with van der Waals surface area (Å²) >= 11 is 0. The Morgan fingerprint density at radius 3 is 2.80 bits per heavy atom. The third-order valence-corrected chi connectivity index (χ3v) is 3.35. The van der Waals surface area contributed by atoms with Crippen LogP contribution in [-0.2, 0) is 0 Å². The van der Waals surface area contributed by atoms with Gasteiger partial charge in [0, 0.05) is 6.20 Å². The molecule has 0 amide bonds. The highest BCUT2D eigenvalue weighted by atomic mass is 16.4. The third kappa shape index (κ3) is 2.03. The van der Waals surface area contributed by atoms with E-state index in [1.165, 1.54) is 0 Å². The first-order chi connectivity index (χ1) is 9.66. The lowest BCUT2D eigenvalue weighted by Crippen LogP contribution is -2.07. The van der Waals surface area contributed by atoms with Crippen molar-refractivity contribution >= 4 is 17.0 Å². The maximum absolute atomic E-state index is 11.0. The first-order valence-corrected chi connectivity index (χ1v) is 6.27. The van der Waals surface area contributed by atoms with Crippen LogP contribution in [0.15, 0.2) is 48.9 Å². The summed E-state index contributed by atoms with van der Waals surface area (Å²) in [6.07, 6.45) is 3.48. The van der Waals surface area contributed by atoms with Crippen molar-refractivity contribution in [2.75, 3.05) is 0 Å². The zero-order valence-corrected chi connectivity index (χ0v) is 10.9. The number of hydrogen-bond donors (Lipinski definition) is 1. The number of aromatic carboxylic acids is 1. The fourth-order valence-electron chi connectivity index (χ4n) is 2.24. The van der Waals surface area contributed by atoms with E-state index in [-0.39, 0.29) is 11.6 Å². The van der Waals surface area contributed by atoms with E-state index in [1.807, 2.05) is 29.7 Å². The highest BCUT2D eigenvalue weighted by molar-refractivity contribution is 5.92. The van der Waals surface area contributed by atoms with E-state index in [0.29, 0.717) is 5.52 Å². The fraction of sp³-hybridized carbons (Fsp3) is 0.133. The minimum Gasteiger partial charge on any atom is -0.478 e. The lowest BCUT2D eigenvalue weighted by atomic mass is 10.1. The molecule has 0 spiro atoms. The average Bonchev–Trinajstić information content (AvgIpc) is 2.90. The van der Waals surface area contributed by atoms with Gasteiger partial charge in [0.15, 0.2) is 0 Å². The number of pyridine rings is 1. The van der Waals surface area contributed by atoms with Crippen LogP contribution >= 0.6 is 0 Å². The number of aromatic nitrogens is 3. The molecule has 3 rings (SSSR count). The smallest absolute Gasteiger partial charge is 0.335 e. The van der Waals surface area contributed by atoms with Crippen LogP contribution in [0, 0.1) is 0 Å². The van der Waals surface area contributed by atoms with Crippen molar-refractivity contribution in [2.45, 2.75) is 13.0 Å². The molecule has 5 heteroatoms. The van der Waals surface area contributed by atoms with Gasteiger partial charge in [-0.15, -0.1) is 0 Å². The second kappa shape index (κ2) is 4.77. The van der Waals surface area contributed by atoms with Gasteiger partial charge in [-0.1, -0.05) is 6.07 Å². The van der Waals surface area contributed by atoms with Crippen molar-refractivity contribution in [3.63, 3.8) is 0 Å². The summed E-state index contributed by atoms with van der Waals surface area (Å²) in [5, 5.41) is 8.99. The molecule has 0 saturated heterocycles. The summed E-state index contributed by atoms with van der Waals surface area (Å²) in [4.78, 5) is 19.6. The molecule has 1 unspecified atom stereocenters. The number of hydrogen-bond acceptors (Lipinski definition) is 3. The second-order valence-corrected chi connectivity index (χ2v) is 4.59. The van der Waals surface area contributed by atoms with Gasteiger partial charge in [-0.3, -0.25) is 4.98 Å². The van der Waals surface area contributed by atoms with Crippen molar-refractivity contribution in [3.8, 4) is 0 Å². The first kappa shape index (κ1) is 12.3. The van der Waals surface area contributed by atoms with Crippen LogP contribution in [0.4, 0.5) is 0 Å². The highest BCUT2D eigenvalue weighted by Crippen LogP contribution is 2.22. The summed E-state index contributed by atoms with van der Waals surface area (Å²) in [7, 11) is 0. The van der Waals surface area contributed by atoms with Crippen LogP contribution in [0.5, 0.6) is 0 Å². The number of nitrogens with zero attached hydrogens (tertiary/aromatic N) is 3. The van der Waals surface area contributed by atoms with Gasteiger partial charge in [-0.25, -0.2) is 9.78 Å². The quantitative estimate of drug-likeness (QED) is 0.792. The van der Waals surface area contributed by atoms with Crippen LogP contribution in [0.1, 0.15) is 29.0 Å². The minimum absolute atomic E-state index is 0.0388. The molecule has 100 valence electrons. The van der Waals surface area contributed by atoms with Gasteiger partial charge in [0.05, 0.1) is 34.7 Å². The fourth-order valence-corrected chi connectivity index (χ4v) is 2.24. The molecule has 3 aromatic rings. The lowest BCUT2D eigenvalue weighted by Gasteiger charge is -2.13. The number of carboxylic acid groups (broad SMARTS) is 1. The normalized spacial score (nSPS) is 12.4. The van der Waals surface area contributed by atoms with Crippen LogP contribution in [-0.4, -0.2) is 25.6 Å². The van der Waals surface area contributed by atoms with Gasteiger partial charge >= 0.3 is 5.97 Å². The minimum atomic E-state index is -0.945. The number of carbonyl (C=O) groups is 1. The van der Waals surface area contributed by atoms with E-state index < -0.39 is 5.97 Å². The van der Waals surface area contributed by atoms with E-state index >= 15 is 0 Å². The molecule has 2 aromatic heterocycles. The Hall–Kier alpha value is -2.69. The summed E-state index contributed by atoms with van der Waals surface area (Å²) in [5.74, 6) is -0.945. The number of imidazole rings is 1. The van der Waals surface area contributed by atoms with Crippen molar-refractivity contribution in [1.29, 1.82) is 0 Å². The molecule has 0 aliphatic carbocycles. The van der Waals surface area contributed by atoms with Crippen molar-refractivity contribution < 1.29 is 9.90 Å².